The largest absolute Gasteiger partial charge is 0.462 e. The lowest BCUT2D eigenvalue weighted by Gasteiger charge is -2.32. The highest BCUT2D eigenvalue weighted by Crippen LogP contribution is 2.34. The summed E-state index contributed by atoms with van der Waals surface area (Å²) in [5, 5.41) is 0. The van der Waals surface area contributed by atoms with Crippen molar-refractivity contribution in [2.75, 3.05) is 11.5 Å². The van der Waals surface area contributed by atoms with Crippen LogP contribution < -0.4 is 4.90 Å². The van der Waals surface area contributed by atoms with E-state index in [2.05, 4.69) is 11.8 Å². The van der Waals surface area contributed by atoms with Crippen molar-refractivity contribution in [3.63, 3.8) is 0 Å². The Balaban J connectivity index is 1.81. The number of hydrogen-bond acceptors (Lipinski definition) is 3. The number of ether oxygens (including phenoxy) is 1. The molecule has 1 atom stereocenters. The van der Waals surface area contributed by atoms with E-state index in [1.165, 1.54) is 12.1 Å². The van der Waals surface area contributed by atoms with Crippen LogP contribution in [0.3, 0.4) is 0 Å². The summed E-state index contributed by atoms with van der Waals surface area (Å²) in [6, 6.07) is 15.0. The number of anilines is 1. The topological polar surface area (TPSA) is 29.5 Å². The van der Waals surface area contributed by atoms with Crippen LogP contribution in [0.1, 0.15) is 42.6 Å². The van der Waals surface area contributed by atoms with Gasteiger partial charge in [-0.25, -0.2) is 9.18 Å². The zero-order chi connectivity index (χ0) is 17.8. The Bertz CT molecular complexity index is 725. The predicted molar refractivity (Wildman–Crippen MR) is 97.5 cm³/mol. The molecule has 0 saturated heterocycles. The Morgan fingerprint density at radius 3 is 2.52 bits per heavy atom. The Hall–Kier alpha value is -2.36. The van der Waals surface area contributed by atoms with E-state index < -0.39 is 0 Å². The number of rotatable bonds is 7. The number of halogens is 1. The van der Waals surface area contributed by atoms with Crippen LogP contribution in [0.2, 0.25) is 0 Å². The van der Waals surface area contributed by atoms with Crippen molar-refractivity contribution in [2.45, 2.75) is 45.2 Å². The predicted octanol–water partition coefficient (Wildman–Crippen LogP) is 4.60. The maximum absolute atomic E-state index is 13.3. The van der Waals surface area contributed by atoms with Gasteiger partial charge in [-0.3, -0.25) is 0 Å². The van der Waals surface area contributed by atoms with Crippen molar-refractivity contribution in [3.8, 4) is 0 Å². The SMILES string of the molecule is CCOC(=O)c1ccccc1CC(C)N(c1ccc(F)cc1)C1CC1. The molecule has 1 aliphatic carbocycles. The van der Waals surface area contributed by atoms with E-state index in [0.717, 1.165) is 30.5 Å². The summed E-state index contributed by atoms with van der Waals surface area (Å²) in [5.74, 6) is -0.495. The van der Waals surface area contributed by atoms with Gasteiger partial charge in [0, 0.05) is 17.8 Å². The van der Waals surface area contributed by atoms with Crippen molar-refractivity contribution in [2.24, 2.45) is 0 Å². The minimum Gasteiger partial charge on any atom is -0.462 e. The van der Waals surface area contributed by atoms with E-state index in [1.54, 1.807) is 0 Å². The van der Waals surface area contributed by atoms with Gasteiger partial charge < -0.3 is 9.64 Å². The third kappa shape index (κ3) is 4.19. The zero-order valence-electron chi connectivity index (χ0n) is 14.7. The normalized spacial score (nSPS) is 14.8. The first-order valence-corrected chi connectivity index (χ1v) is 8.89. The lowest BCUT2D eigenvalue weighted by Crippen LogP contribution is -2.37. The molecule has 0 amide bonds. The number of esters is 1. The smallest absolute Gasteiger partial charge is 0.338 e. The van der Waals surface area contributed by atoms with Gasteiger partial charge in [-0.05, 0) is 69.0 Å². The average Bonchev–Trinajstić information content (AvgIpc) is 3.42. The standard InChI is InChI=1S/C21H24FNO2/c1-3-25-21(24)20-7-5-4-6-16(20)14-15(2)23(19-12-13-19)18-10-8-17(22)9-11-18/h4-11,15,19H,3,12-14H2,1-2H3. The highest BCUT2D eigenvalue weighted by molar-refractivity contribution is 5.91. The van der Waals surface area contributed by atoms with Gasteiger partial charge in [0.1, 0.15) is 5.82 Å². The zero-order valence-corrected chi connectivity index (χ0v) is 14.7. The van der Waals surface area contributed by atoms with Crippen molar-refractivity contribution >= 4 is 11.7 Å². The van der Waals surface area contributed by atoms with Crippen LogP contribution in [0.5, 0.6) is 0 Å². The fourth-order valence-electron chi connectivity index (χ4n) is 3.31. The number of carbonyl (C=O) groups is 1. The minimum atomic E-state index is -0.273. The Morgan fingerprint density at radius 2 is 1.88 bits per heavy atom. The van der Waals surface area contributed by atoms with E-state index in [1.807, 2.05) is 43.3 Å². The van der Waals surface area contributed by atoms with Crippen molar-refractivity contribution in [3.05, 3.63) is 65.5 Å². The number of hydrogen-bond donors (Lipinski definition) is 0. The third-order valence-corrected chi connectivity index (χ3v) is 4.57. The van der Waals surface area contributed by atoms with Crippen molar-refractivity contribution in [1.82, 2.24) is 0 Å². The summed E-state index contributed by atoms with van der Waals surface area (Å²) in [7, 11) is 0. The maximum Gasteiger partial charge on any atom is 0.338 e. The molecule has 1 fully saturated rings. The summed E-state index contributed by atoms with van der Waals surface area (Å²) in [6.07, 6.45) is 3.05. The van der Waals surface area contributed by atoms with Gasteiger partial charge in [-0.2, -0.15) is 0 Å². The molecular formula is C21H24FNO2. The molecular weight excluding hydrogens is 317 g/mol. The number of carbonyl (C=O) groups excluding carboxylic acids is 1. The van der Waals surface area contributed by atoms with Gasteiger partial charge in [0.2, 0.25) is 0 Å². The van der Waals surface area contributed by atoms with E-state index in [0.29, 0.717) is 18.2 Å². The van der Waals surface area contributed by atoms with Gasteiger partial charge in [0.05, 0.1) is 12.2 Å². The number of benzene rings is 2. The molecule has 1 unspecified atom stereocenters. The van der Waals surface area contributed by atoms with Gasteiger partial charge in [0.15, 0.2) is 0 Å². The van der Waals surface area contributed by atoms with Crippen LogP contribution in [0.25, 0.3) is 0 Å². The van der Waals surface area contributed by atoms with Crippen molar-refractivity contribution < 1.29 is 13.9 Å². The minimum absolute atomic E-state index is 0.202. The molecule has 0 aromatic heterocycles. The molecule has 0 bridgehead atoms. The van der Waals surface area contributed by atoms with Crippen LogP contribution in [0, 0.1) is 5.82 Å². The molecule has 2 aromatic carbocycles. The molecule has 0 aliphatic heterocycles. The molecule has 0 radical (unpaired) electrons. The summed E-state index contributed by atoms with van der Waals surface area (Å²) in [4.78, 5) is 14.5. The lowest BCUT2D eigenvalue weighted by molar-refractivity contribution is 0.0525. The van der Waals surface area contributed by atoms with Crippen LogP contribution >= 0.6 is 0 Å². The summed E-state index contributed by atoms with van der Waals surface area (Å²) in [6.45, 7) is 4.34. The fourth-order valence-corrected chi connectivity index (χ4v) is 3.31. The molecule has 4 heteroatoms. The first-order chi connectivity index (χ1) is 12.1. The lowest BCUT2D eigenvalue weighted by atomic mass is 9.99. The first-order valence-electron chi connectivity index (χ1n) is 8.89. The van der Waals surface area contributed by atoms with Gasteiger partial charge in [-0.1, -0.05) is 18.2 Å². The Morgan fingerprint density at radius 1 is 1.20 bits per heavy atom. The first kappa shape index (κ1) is 17.5. The summed E-state index contributed by atoms with van der Waals surface area (Å²) < 4.78 is 18.4. The molecule has 1 aliphatic rings. The highest BCUT2D eigenvalue weighted by Gasteiger charge is 2.32. The third-order valence-electron chi connectivity index (χ3n) is 4.57. The summed E-state index contributed by atoms with van der Waals surface area (Å²) >= 11 is 0. The van der Waals surface area contributed by atoms with Gasteiger partial charge in [-0.15, -0.1) is 0 Å². The van der Waals surface area contributed by atoms with Crippen LogP contribution in [0.15, 0.2) is 48.5 Å². The van der Waals surface area contributed by atoms with Gasteiger partial charge >= 0.3 is 5.97 Å². The molecule has 3 rings (SSSR count). The fraction of sp³-hybridized carbons (Fsp3) is 0.381. The molecule has 0 N–H and O–H groups in total. The number of nitrogens with zero attached hydrogens (tertiary/aromatic N) is 1. The molecule has 1 saturated carbocycles. The quantitative estimate of drug-likeness (QED) is 0.689. The van der Waals surface area contributed by atoms with E-state index in [9.17, 15) is 9.18 Å². The van der Waals surface area contributed by atoms with Gasteiger partial charge in [0.25, 0.3) is 0 Å². The average molecular weight is 341 g/mol. The Labute approximate surface area is 148 Å². The molecule has 3 nitrogen and oxygen atoms in total. The van der Waals surface area contributed by atoms with Crippen LogP contribution in [-0.4, -0.2) is 24.7 Å². The monoisotopic (exact) mass is 341 g/mol. The summed E-state index contributed by atoms with van der Waals surface area (Å²) in [5.41, 5.74) is 2.65. The Kier molecular flexibility index (Phi) is 5.37. The van der Waals surface area contributed by atoms with E-state index >= 15 is 0 Å². The maximum atomic E-state index is 13.3. The second kappa shape index (κ2) is 7.68. The van der Waals surface area contributed by atoms with E-state index in [4.69, 9.17) is 4.74 Å². The van der Waals surface area contributed by atoms with Crippen LogP contribution in [-0.2, 0) is 11.2 Å². The second-order valence-corrected chi connectivity index (χ2v) is 6.55. The molecule has 2 aromatic rings. The van der Waals surface area contributed by atoms with Crippen LogP contribution in [0.4, 0.5) is 10.1 Å². The van der Waals surface area contributed by atoms with Crippen molar-refractivity contribution in [1.29, 1.82) is 0 Å². The molecule has 0 heterocycles. The highest BCUT2D eigenvalue weighted by atomic mass is 19.1. The molecule has 0 spiro atoms. The van der Waals surface area contributed by atoms with E-state index in [-0.39, 0.29) is 17.8 Å². The molecule has 132 valence electrons. The second-order valence-electron chi connectivity index (χ2n) is 6.55. The molecule has 25 heavy (non-hydrogen) atoms.